The van der Waals surface area contributed by atoms with E-state index in [1.165, 1.54) is 0 Å². The molecule has 5 heteroatoms. The van der Waals surface area contributed by atoms with Crippen LogP contribution < -0.4 is 10.2 Å². The molecule has 1 amide bonds. The van der Waals surface area contributed by atoms with Crippen molar-refractivity contribution >= 4 is 22.4 Å². The summed E-state index contributed by atoms with van der Waals surface area (Å²) in [6, 6.07) is 14.4. The van der Waals surface area contributed by atoms with Gasteiger partial charge in [0, 0.05) is 37.7 Å². The van der Waals surface area contributed by atoms with Crippen LogP contribution in [0.2, 0.25) is 0 Å². The third-order valence-corrected chi connectivity index (χ3v) is 4.54. The number of ether oxygens (including phenoxy) is 1. The van der Waals surface area contributed by atoms with Crippen molar-refractivity contribution in [3.63, 3.8) is 0 Å². The molecule has 0 spiro atoms. The molecule has 1 saturated heterocycles. The molecule has 3 rings (SSSR count). The molecule has 0 unspecified atom stereocenters. The van der Waals surface area contributed by atoms with Crippen LogP contribution in [0.5, 0.6) is 5.75 Å². The Hall–Kier alpha value is -2.40. The molecule has 0 saturated carbocycles. The predicted molar refractivity (Wildman–Crippen MR) is 101 cm³/mol. The number of benzene rings is 2. The van der Waals surface area contributed by atoms with Crippen molar-refractivity contribution in [2.24, 2.45) is 5.10 Å². The van der Waals surface area contributed by atoms with E-state index in [-0.39, 0.29) is 12.5 Å². The summed E-state index contributed by atoms with van der Waals surface area (Å²) in [6.07, 6.45) is 1.81. The molecule has 0 radical (unpaired) electrons. The number of rotatable bonds is 5. The van der Waals surface area contributed by atoms with E-state index in [1.807, 2.05) is 42.5 Å². The van der Waals surface area contributed by atoms with E-state index in [4.69, 9.17) is 4.74 Å². The van der Waals surface area contributed by atoms with Crippen molar-refractivity contribution in [3.05, 3.63) is 42.5 Å². The first-order valence-electron chi connectivity index (χ1n) is 8.82. The number of hydrazone groups is 1. The fraction of sp³-hybridized carbons (Fsp3) is 0.400. The number of hydrogen-bond acceptors (Lipinski definition) is 4. The van der Waals surface area contributed by atoms with Gasteiger partial charge < -0.3 is 9.64 Å². The van der Waals surface area contributed by atoms with Crippen molar-refractivity contribution in [3.8, 4) is 5.75 Å². The zero-order chi connectivity index (χ0) is 17.6. The monoisotopic (exact) mass is 339 g/mol. The molecule has 1 heterocycles. The Labute approximate surface area is 148 Å². The fourth-order valence-electron chi connectivity index (χ4n) is 2.99. The van der Waals surface area contributed by atoms with Crippen molar-refractivity contribution in [1.29, 1.82) is 0 Å². The second kappa shape index (κ2) is 8.12. The SMILES string of the molecule is CC(C)N1CCC(=NNC(=O)COc2ccc3ccccc3c2)CC1. The minimum atomic E-state index is -0.230. The predicted octanol–water partition coefficient (Wildman–Crippen LogP) is 3.20. The van der Waals surface area contributed by atoms with Crippen LogP contribution in [-0.4, -0.2) is 42.3 Å². The zero-order valence-corrected chi connectivity index (χ0v) is 14.9. The number of nitrogens with zero attached hydrogens (tertiary/aromatic N) is 2. The van der Waals surface area contributed by atoms with E-state index in [2.05, 4.69) is 29.3 Å². The first kappa shape index (κ1) is 17.4. The smallest absolute Gasteiger partial charge is 0.277 e. The Morgan fingerprint density at radius 1 is 1.16 bits per heavy atom. The third kappa shape index (κ3) is 4.79. The molecule has 1 aliphatic heterocycles. The van der Waals surface area contributed by atoms with E-state index in [0.29, 0.717) is 11.8 Å². The van der Waals surface area contributed by atoms with E-state index >= 15 is 0 Å². The molecule has 0 atom stereocenters. The largest absolute Gasteiger partial charge is 0.484 e. The first-order chi connectivity index (χ1) is 12.1. The number of piperidine rings is 1. The average molecular weight is 339 g/mol. The van der Waals surface area contributed by atoms with E-state index in [9.17, 15) is 4.79 Å². The lowest BCUT2D eigenvalue weighted by atomic mass is 10.1. The van der Waals surface area contributed by atoms with Gasteiger partial charge in [0.1, 0.15) is 5.75 Å². The van der Waals surface area contributed by atoms with Gasteiger partial charge in [-0.3, -0.25) is 4.79 Å². The standard InChI is InChI=1S/C20H25N3O2/c1-15(2)23-11-9-18(10-12-23)21-22-20(24)14-25-19-8-7-16-5-3-4-6-17(16)13-19/h3-8,13,15H,9-12,14H2,1-2H3,(H,22,24). The summed E-state index contributed by atoms with van der Waals surface area (Å²) < 4.78 is 5.57. The number of nitrogens with one attached hydrogen (secondary N) is 1. The van der Waals surface area contributed by atoms with E-state index in [0.717, 1.165) is 42.4 Å². The Morgan fingerprint density at radius 3 is 2.60 bits per heavy atom. The normalized spacial score (nSPS) is 15.4. The highest BCUT2D eigenvalue weighted by molar-refractivity contribution is 5.87. The van der Waals surface area contributed by atoms with Gasteiger partial charge in [0.2, 0.25) is 0 Å². The maximum Gasteiger partial charge on any atom is 0.277 e. The fourth-order valence-corrected chi connectivity index (χ4v) is 2.99. The van der Waals surface area contributed by atoms with Crippen molar-refractivity contribution in [2.75, 3.05) is 19.7 Å². The second-order valence-electron chi connectivity index (χ2n) is 6.64. The van der Waals surface area contributed by atoms with E-state index < -0.39 is 0 Å². The maximum absolute atomic E-state index is 11.9. The molecule has 1 N–H and O–H groups in total. The van der Waals surface area contributed by atoms with Gasteiger partial charge in [0.05, 0.1) is 0 Å². The molecule has 2 aromatic carbocycles. The summed E-state index contributed by atoms with van der Waals surface area (Å²) in [4.78, 5) is 14.4. The summed E-state index contributed by atoms with van der Waals surface area (Å²) in [5, 5.41) is 6.50. The van der Waals surface area contributed by atoms with Gasteiger partial charge in [0.25, 0.3) is 5.91 Å². The van der Waals surface area contributed by atoms with Crippen LogP contribution in [0.25, 0.3) is 10.8 Å². The summed E-state index contributed by atoms with van der Waals surface area (Å²) in [5.41, 5.74) is 3.66. The maximum atomic E-state index is 11.9. The lowest BCUT2D eigenvalue weighted by Crippen LogP contribution is -2.39. The van der Waals surface area contributed by atoms with Crippen LogP contribution in [0.1, 0.15) is 26.7 Å². The highest BCUT2D eigenvalue weighted by atomic mass is 16.5. The molecule has 1 aliphatic rings. The van der Waals surface area contributed by atoms with Gasteiger partial charge in [-0.1, -0.05) is 30.3 Å². The van der Waals surface area contributed by atoms with Crippen LogP contribution in [0.15, 0.2) is 47.6 Å². The molecule has 1 fully saturated rings. The molecular formula is C20H25N3O2. The summed E-state index contributed by atoms with van der Waals surface area (Å²) >= 11 is 0. The number of likely N-dealkylation sites (tertiary alicyclic amines) is 1. The van der Waals surface area contributed by atoms with Crippen LogP contribution in [0, 0.1) is 0 Å². The quantitative estimate of drug-likeness (QED) is 0.851. The van der Waals surface area contributed by atoms with Gasteiger partial charge >= 0.3 is 0 Å². The highest BCUT2D eigenvalue weighted by Crippen LogP contribution is 2.20. The number of hydrogen-bond donors (Lipinski definition) is 1. The number of amides is 1. The van der Waals surface area contributed by atoms with Crippen LogP contribution in [0.3, 0.4) is 0 Å². The Balaban J connectivity index is 1.47. The Bertz CT molecular complexity index is 760. The van der Waals surface area contributed by atoms with Crippen molar-refractivity contribution in [1.82, 2.24) is 10.3 Å². The number of fused-ring (bicyclic) bond motifs is 1. The molecule has 0 aliphatic carbocycles. The van der Waals surface area contributed by atoms with Gasteiger partial charge in [0.15, 0.2) is 6.61 Å². The van der Waals surface area contributed by atoms with Crippen molar-refractivity contribution < 1.29 is 9.53 Å². The number of carbonyl (C=O) groups is 1. The van der Waals surface area contributed by atoms with Gasteiger partial charge in [-0.2, -0.15) is 5.10 Å². The minimum absolute atomic E-state index is 0.0345. The van der Waals surface area contributed by atoms with Crippen molar-refractivity contribution in [2.45, 2.75) is 32.7 Å². The molecule has 25 heavy (non-hydrogen) atoms. The number of carbonyl (C=O) groups excluding carboxylic acids is 1. The Morgan fingerprint density at radius 2 is 1.88 bits per heavy atom. The topological polar surface area (TPSA) is 53.9 Å². The molecular weight excluding hydrogens is 314 g/mol. The molecule has 0 aromatic heterocycles. The second-order valence-corrected chi connectivity index (χ2v) is 6.64. The lowest BCUT2D eigenvalue weighted by Gasteiger charge is -2.30. The summed E-state index contributed by atoms with van der Waals surface area (Å²) in [5.74, 6) is 0.457. The van der Waals surface area contributed by atoms with Gasteiger partial charge in [-0.25, -0.2) is 5.43 Å². The van der Waals surface area contributed by atoms with Gasteiger partial charge in [-0.15, -0.1) is 0 Å². The van der Waals surface area contributed by atoms with Crippen LogP contribution in [-0.2, 0) is 4.79 Å². The molecule has 2 aromatic rings. The molecule has 132 valence electrons. The minimum Gasteiger partial charge on any atom is -0.484 e. The summed E-state index contributed by atoms with van der Waals surface area (Å²) in [6.45, 7) is 6.37. The Kier molecular flexibility index (Phi) is 5.66. The third-order valence-electron chi connectivity index (χ3n) is 4.54. The highest BCUT2D eigenvalue weighted by Gasteiger charge is 2.17. The molecule has 5 nitrogen and oxygen atoms in total. The van der Waals surface area contributed by atoms with Crippen LogP contribution >= 0.6 is 0 Å². The summed E-state index contributed by atoms with van der Waals surface area (Å²) in [7, 11) is 0. The lowest BCUT2D eigenvalue weighted by molar-refractivity contribution is -0.123. The van der Waals surface area contributed by atoms with Gasteiger partial charge in [-0.05, 0) is 36.8 Å². The first-order valence-corrected chi connectivity index (χ1v) is 8.82. The molecule has 0 bridgehead atoms. The zero-order valence-electron chi connectivity index (χ0n) is 14.9. The average Bonchev–Trinajstić information content (AvgIpc) is 2.65. The van der Waals surface area contributed by atoms with E-state index in [1.54, 1.807) is 0 Å². The van der Waals surface area contributed by atoms with Crippen LogP contribution in [0.4, 0.5) is 0 Å².